The monoisotopic (exact) mass is 313 g/mol. The maximum Gasteiger partial charge on any atom is 0.251 e. The molecule has 23 heavy (non-hydrogen) atoms. The molecular weight excluding hydrogens is 290 g/mol. The van der Waals surface area contributed by atoms with Gasteiger partial charge in [0, 0.05) is 36.3 Å². The summed E-state index contributed by atoms with van der Waals surface area (Å²) in [6.07, 6.45) is 3.34. The number of aromatic nitrogens is 1. The number of carbonyl (C=O) groups is 2. The van der Waals surface area contributed by atoms with Crippen LogP contribution in [0.15, 0.2) is 18.2 Å². The van der Waals surface area contributed by atoms with Gasteiger partial charge in [-0.3, -0.25) is 9.59 Å². The van der Waals surface area contributed by atoms with Crippen LogP contribution in [0, 0.1) is 5.92 Å². The van der Waals surface area contributed by atoms with Crippen LogP contribution in [0.1, 0.15) is 35.0 Å². The molecule has 1 heterocycles. The first-order valence-corrected chi connectivity index (χ1v) is 8.07. The van der Waals surface area contributed by atoms with Crippen LogP contribution in [-0.2, 0) is 17.6 Å². The average Bonchev–Trinajstić information content (AvgIpc) is 2.89. The van der Waals surface area contributed by atoms with Gasteiger partial charge in [-0.1, -0.05) is 6.92 Å². The molecule has 122 valence electrons. The van der Waals surface area contributed by atoms with E-state index in [4.69, 9.17) is 0 Å². The van der Waals surface area contributed by atoms with Crippen molar-refractivity contribution in [3.05, 3.63) is 35.0 Å². The molecule has 0 aliphatic heterocycles. The number of nitrogens with one attached hydrogen (secondary N) is 2. The van der Waals surface area contributed by atoms with E-state index in [9.17, 15) is 9.59 Å². The molecule has 1 aromatic heterocycles. The van der Waals surface area contributed by atoms with Crippen molar-refractivity contribution in [3.63, 3.8) is 0 Å². The molecule has 1 aromatic carbocycles. The van der Waals surface area contributed by atoms with Gasteiger partial charge in [0.2, 0.25) is 5.91 Å². The first-order valence-electron chi connectivity index (χ1n) is 8.07. The number of hydrogen-bond donors (Lipinski definition) is 2. The van der Waals surface area contributed by atoms with Crippen LogP contribution >= 0.6 is 0 Å². The molecule has 2 aromatic rings. The highest BCUT2D eigenvalue weighted by atomic mass is 16.2. The summed E-state index contributed by atoms with van der Waals surface area (Å²) in [6.45, 7) is 2.29. The zero-order valence-corrected chi connectivity index (χ0v) is 13.9. The second-order valence-corrected chi connectivity index (χ2v) is 6.66. The van der Waals surface area contributed by atoms with Crippen LogP contribution in [-0.4, -0.2) is 42.3 Å². The Kier molecular flexibility index (Phi) is 4.11. The Bertz CT molecular complexity index is 761. The van der Waals surface area contributed by atoms with Gasteiger partial charge in [0.1, 0.15) is 0 Å². The fourth-order valence-electron chi connectivity index (χ4n) is 3.15. The number of aromatic amines is 1. The Hall–Kier alpha value is -2.30. The molecule has 0 saturated heterocycles. The summed E-state index contributed by atoms with van der Waals surface area (Å²) in [5.41, 5.74) is 4.34. The van der Waals surface area contributed by atoms with E-state index in [0.29, 0.717) is 11.5 Å². The van der Waals surface area contributed by atoms with Gasteiger partial charge in [0.05, 0.1) is 6.54 Å². The fourth-order valence-corrected chi connectivity index (χ4v) is 3.15. The number of hydrogen-bond acceptors (Lipinski definition) is 2. The molecule has 0 unspecified atom stereocenters. The Balaban J connectivity index is 1.83. The summed E-state index contributed by atoms with van der Waals surface area (Å²) in [4.78, 5) is 28.8. The summed E-state index contributed by atoms with van der Waals surface area (Å²) in [5.74, 6) is 0.352. The highest BCUT2D eigenvalue weighted by molar-refractivity contribution is 6.00. The lowest BCUT2D eigenvalue weighted by Gasteiger charge is -2.18. The minimum atomic E-state index is -0.207. The molecule has 1 aliphatic carbocycles. The molecule has 3 rings (SSSR count). The van der Waals surface area contributed by atoms with Gasteiger partial charge in [-0.25, -0.2) is 0 Å². The Morgan fingerprint density at radius 2 is 2.13 bits per heavy atom. The number of carbonyl (C=O) groups excluding carboxylic acids is 2. The van der Waals surface area contributed by atoms with Gasteiger partial charge in [-0.15, -0.1) is 0 Å². The van der Waals surface area contributed by atoms with Crippen molar-refractivity contribution in [2.45, 2.75) is 26.2 Å². The van der Waals surface area contributed by atoms with E-state index in [2.05, 4.69) is 17.2 Å². The van der Waals surface area contributed by atoms with Crippen LogP contribution in [0.25, 0.3) is 10.9 Å². The van der Waals surface area contributed by atoms with Gasteiger partial charge in [0.25, 0.3) is 5.91 Å². The molecule has 5 heteroatoms. The van der Waals surface area contributed by atoms with E-state index >= 15 is 0 Å². The van der Waals surface area contributed by atoms with Crippen LogP contribution in [0.4, 0.5) is 0 Å². The topological polar surface area (TPSA) is 65.2 Å². The quantitative estimate of drug-likeness (QED) is 0.911. The molecule has 0 fully saturated rings. The van der Waals surface area contributed by atoms with Gasteiger partial charge in [-0.2, -0.15) is 0 Å². The fraction of sp³-hybridized carbons (Fsp3) is 0.444. The van der Waals surface area contributed by atoms with Crippen LogP contribution < -0.4 is 5.32 Å². The molecule has 5 nitrogen and oxygen atoms in total. The molecular formula is C18H23N3O2. The Morgan fingerprint density at radius 3 is 2.87 bits per heavy atom. The molecule has 2 amide bonds. The second kappa shape index (κ2) is 6.07. The number of rotatable bonds is 3. The van der Waals surface area contributed by atoms with E-state index < -0.39 is 0 Å². The standard InChI is InChI=1S/C18H23N3O2/c1-11-4-6-15-13(8-11)14-9-12(5-7-16(14)20-15)18(23)19-10-17(22)21(2)3/h5,7,9,11,20H,4,6,8,10H2,1-3H3,(H,19,23)/t11-/m1/s1. The number of benzene rings is 1. The summed E-state index contributed by atoms with van der Waals surface area (Å²) in [5, 5.41) is 3.82. The van der Waals surface area contributed by atoms with Gasteiger partial charge in [0.15, 0.2) is 0 Å². The van der Waals surface area contributed by atoms with Gasteiger partial charge in [-0.05, 0) is 48.9 Å². The van der Waals surface area contributed by atoms with E-state index in [-0.39, 0.29) is 18.4 Å². The Morgan fingerprint density at radius 1 is 1.35 bits per heavy atom. The Labute approximate surface area is 136 Å². The van der Waals surface area contributed by atoms with E-state index in [1.807, 2.05) is 18.2 Å². The van der Waals surface area contributed by atoms with Crippen LogP contribution in [0.3, 0.4) is 0 Å². The van der Waals surface area contributed by atoms with Gasteiger partial charge >= 0.3 is 0 Å². The number of fused-ring (bicyclic) bond motifs is 3. The number of amides is 2. The maximum atomic E-state index is 12.3. The van der Waals surface area contributed by atoms with E-state index in [1.54, 1.807) is 14.1 Å². The number of aryl methyl sites for hydroxylation is 1. The van der Waals surface area contributed by atoms with Crippen molar-refractivity contribution in [3.8, 4) is 0 Å². The van der Waals surface area contributed by atoms with Crippen LogP contribution in [0.2, 0.25) is 0 Å². The molecule has 0 saturated carbocycles. The highest BCUT2D eigenvalue weighted by Gasteiger charge is 2.20. The molecule has 1 atom stereocenters. The second-order valence-electron chi connectivity index (χ2n) is 6.66. The predicted octanol–water partition coefficient (Wildman–Crippen LogP) is 2.11. The summed E-state index contributed by atoms with van der Waals surface area (Å²) >= 11 is 0. The predicted molar refractivity (Wildman–Crippen MR) is 90.5 cm³/mol. The van der Waals surface area contributed by atoms with Crippen LogP contribution in [0.5, 0.6) is 0 Å². The lowest BCUT2D eigenvalue weighted by Crippen LogP contribution is -2.36. The zero-order valence-electron chi connectivity index (χ0n) is 13.9. The molecule has 2 N–H and O–H groups in total. The minimum absolute atomic E-state index is 0.0200. The van der Waals surface area contributed by atoms with Crippen molar-refractivity contribution in [1.82, 2.24) is 15.2 Å². The van der Waals surface area contributed by atoms with Gasteiger partial charge < -0.3 is 15.2 Å². The normalized spacial score (nSPS) is 16.9. The van der Waals surface area contributed by atoms with Crippen molar-refractivity contribution >= 4 is 22.7 Å². The summed E-state index contributed by atoms with van der Waals surface area (Å²) in [7, 11) is 3.35. The summed E-state index contributed by atoms with van der Waals surface area (Å²) < 4.78 is 0. The minimum Gasteiger partial charge on any atom is -0.358 e. The number of nitrogens with zero attached hydrogens (tertiary/aromatic N) is 1. The SMILES string of the molecule is C[C@@H]1CCc2[nH]c3ccc(C(=O)NCC(=O)N(C)C)cc3c2C1. The van der Waals surface area contributed by atoms with Crippen molar-refractivity contribution in [1.29, 1.82) is 0 Å². The third-order valence-corrected chi connectivity index (χ3v) is 4.60. The highest BCUT2D eigenvalue weighted by Crippen LogP contribution is 2.32. The van der Waals surface area contributed by atoms with Crippen molar-refractivity contribution in [2.24, 2.45) is 5.92 Å². The lowest BCUT2D eigenvalue weighted by atomic mass is 9.87. The first kappa shape index (κ1) is 15.6. The largest absolute Gasteiger partial charge is 0.358 e. The smallest absolute Gasteiger partial charge is 0.251 e. The number of H-pyrrole nitrogens is 1. The molecule has 0 bridgehead atoms. The average molecular weight is 313 g/mol. The van der Waals surface area contributed by atoms with E-state index in [0.717, 1.165) is 23.7 Å². The molecule has 1 aliphatic rings. The molecule has 0 spiro atoms. The lowest BCUT2D eigenvalue weighted by molar-refractivity contribution is -0.127. The summed E-state index contributed by atoms with van der Waals surface area (Å²) in [6, 6.07) is 5.71. The number of likely N-dealkylation sites (N-methyl/N-ethyl adjacent to an activating group) is 1. The third kappa shape index (κ3) is 3.09. The van der Waals surface area contributed by atoms with Crippen molar-refractivity contribution < 1.29 is 9.59 Å². The maximum absolute atomic E-state index is 12.3. The van der Waals surface area contributed by atoms with Crippen molar-refractivity contribution in [2.75, 3.05) is 20.6 Å². The first-order chi connectivity index (χ1) is 11.0. The molecule has 0 radical (unpaired) electrons. The van der Waals surface area contributed by atoms with E-state index in [1.165, 1.54) is 22.6 Å². The zero-order chi connectivity index (χ0) is 16.6. The third-order valence-electron chi connectivity index (χ3n) is 4.60.